The van der Waals surface area contributed by atoms with Crippen LogP contribution in [0.25, 0.3) is 0 Å². The van der Waals surface area contributed by atoms with Crippen molar-refractivity contribution in [2.24, 2.45) is 0 Å². The van der Waals surface area contributed by atoms with Crippen molar-refractivity contribution in [2.75, 3.05) is 23.3 Å². The molecule has 0 aliphatic heterocycles. The van der Waals surface area contributed by atoms with Crippen molar-refractivity contribution in [1.82, 2.24) is 0 Å². The van der Waals surface area contributed by atoms with Crippen molar-refractivity contribution < 1.29 is 17.9 Å². The van der Waals surface area contributed by atoms with E-state index in [0.717, 1.165) is 15.6 Å². The van der Waals surface area contributed by atoms with Crippen LogP contribution in [0.2, 0.25) is 0 Å². The number of methoxy groups -OCH3 is 1. The summed E-state index contributed by atoms with van der Waals surface area (Å²) in [7, 11) is -2.44. The Labute approximate surface area is 216 Å². The molecule has 6 nitrogen and oxygen atoms in total. The third-order valence-corrected chi connectivity index (χ3v) is 8.24. The van der Waals surface area contributed by atoms with E-state index in [2.05, 4.69) is 17.4 Å². The summed E-state index contributed by atoms with van der Waals surface area (Å²) in [5.74, 6) is 0.946. The topological polar surface area (TPSA) is 75.7 Å². The van der Waals surface area contributed by atoms with Crippen molar-refractivity contribution in [3.05, 3.63) is 115 Å². The SMILES string of the molecule is COc1ccc(N(CC(=O)Nc2ccc(CSc3ccccc3)cc2)S(=O)(=O)c2ccccc2)cc1. The van der Waals surface area contributed by atoms with Gasteiger partial charge in [0.2, 0.25) is 5.91 Å². The average Bonchev–Trinajstić information content (AvgIpc) is 2.92. The molecule has 0 fully saturated rings. The van der Waals surface area contributed by atoms with E-state index in [0.29, 0.717) is 17.1 Å². The summed E-state index contributed by atoms with van der Waals surface area (Å²) < 4.78 is 33.1. The number of nitrogens with zero attached hydrogens (tertiary/aromatic N) is 1. The van der Waals surface area contributed by atoms with E-state index in [-0.39, 0.29) is 11.4 Å². The second-order valence-corrected chi connectivity index (χ2v) is 10.8. The predicted molar refractivity (Wildman–Crippen MR) is 145 cm³/mol. The van der Waals surface area contributed by atoms with E-state index in [1.165, 1.54) is 24.1 Å². The molecule has 0 atom stereocenters. The fourth-order valence-corrected chi connectivity index (χ4v) is 5.80. The molecule has 0 saturated carbocycles. The number of rotatable bonds is 10. The monoisotopic (exact) mass is 518 g/mol. The highest BCUT2D eigenvalue weighted by Crippen LogP contribution is 2.26. The second-order valence-electron chi connectivity index (χ2n) is 7.87. The number of nitrogens with one attached hydrogen (secondary N) is 1. The van der Waals surface area contributed by atoms with Gasteiger partial charge in [0, 0.05) is 16.3 Å². The third kappa shape index (κ3) is 6.47. The molecule has 0 aromatic heterocycles. The summed E-state index contributed by atoms with van der Waals surface area (Å²) in [5, 5.41) is 2.81. The van der Waals surface area contributed by atoms with E-state index >= 15 is 0 Å². The van der Waals surface area contributed by atoms with E-state index < -0.39 is 15.9 Å². The van der Waals surface area contributed by atoms with Crippen molar-refractivity contribution in [3.8, 4) is 5.75 Å². The van der Waals surface area contributed by atoms with Gasteiger partial charge in [-0.2, -0.15) is 0 Å². The van der Waals surface area contributed by atoms with Crippen LogP contribution in [0.5, 0.6) is 5.75 Å². The van der Waals surface area contributed by atoms with E-state index in [9.17, 15) is 13.2 Å². The molecule has 4 aromatic rings. The van der Waals surface area contributed by atoms with Gasteiger partial charge in [0.25, 0.3) is 10.0 Å². The Morgan fingerprint density at radius 1 is 0.833 bits per heavy atom. The van der Waals surface area contributed by atoms with Crippen LogP contribution in [-0.2, 0) is 20.6 Å². The largest absolute Gasteiger partial charge is 0.497 e. The zero-order chi connectivity index (χ0) is 25.4. The van der Waals surface area contributed by atoms with Gasteiger partial charge in [-0.3, -0.25) is 9.10 Å². The number of sulfonamides is 1. The molecule has 184 valence electrons. The summed E-state index contributed by atoms with van der Waals surface area (Å²) in [6.45, 7) is -0.380. The highest BCUT2D eigenvalue weighted by atomic mass is 32.2. The Hall–Kier alpha value is -3.75. The molecule has 8 heteroatoms. The lowest BCUT2D eigenvalue weighted by Gasteiger charge is -2.24. The number of hydrogen-bond acceptors (Lipinski definition) is 5. The lowest BCUT2D eigenvalue weighted by atomic mass is 10.2. The highest BCUT2D eigenvalue weighted by molar-refractivity contribution is 7.98. The van der Waals surface area contributed by atoms with Crippen LogP contribution >= 0.6 is 11.8 Å². The molecule has 0 aliphatic carbocycles. The summed E-state index contributed by atoms with van der Waals surface area (Å²) >= 11 is 1.73. The smallest absolute Gasteiger partial charge is 0.264 e. The standard InChI is InChI=1S/C28H26N2O4S2/c1-34-25-18-16-24(17-19-25)30(36(32,33)27-10-6-3-7-11-27)20-28(31)29-23-14-12-22(13-15-23)21-35-26-8-4-2-5-9-26/h2-19H,20-21H2,1H3,(H,29,31). The van der Waals surface area contributed by atoms with Gasteiger partial charge in [-0.1, -0.05) is 48.5 Å². The van der Waals surface area contributed by atoms with Crippen LogP contribution < -0.4 is 14.4 Å². The molecule has 36 heavy (non-hydrogen) atoms. The van der Waals surface area contributed by atoms with Crippen molar-refractivity contribution in [1.29, 1.82) is 0 Å². The van der Waals surface area contributed by atoms with Gasteiger partial charge < -0.3 is 10.1 Å². The van der Waals surface area contributed by atoms with Crippen LogP contribution in [0, 0.1) is 0 Å². The van der Waals surface area contributed by atoms with E-state index in [1.807, 2.05) is 42.5 Å². The van der Waals surface area contributed by atoms with Gasteiger partial charge >= 0.3 is 0 Å². The first-order valence-electron chi connectivity index (χ1n) is 11.2. The molecule has 0 unspecified atom stereocenters. The number of hydrogen-bond donors (Lipinski definition) is 1. The van der Waals surface area contributed by atoms with E-state index in [1.54, 1.807) is 54.2 Å². The molecular weight excluding hydrogens is 492 g/mol. The van der Waals surface area contributed by atoms with Crippen LogP contribution in [0.3, 0.4) is 0 Å². The molecule has 0 saturated heterocycles. The number of thioether (sulfide) groups is 1. The summed E-state index contributed by atoms with van der Waals surface area (Å²) in [6, 6.07) is 32.3. The van der Waals surface area contributed by atoms with Gasteiger partial charge in [-0.25, -0.2) is 8.42 Å². The van der Waals surface area contributed by atoms with Crippen LogP contribution in [0.4, 0.5) is 11.4 Å². The van der Waals surface area contributed by atoms with Gasteiger partial charge in [-0.05, 0) is 66.2 Å². The molecule has 0 bridgehead atoms. The molecule has 0 aliphatic rings. The summed E-state index contributed by atoms with van der Waals surface area (Å²) in [5.41, 5.74) is 2.08. The van der Waals surface area contributed by atoms with Crippen molar-refractivity contribution in [2.45, 2.75) is 15.5 Å². The molecule has 4 aromatic carbocycles. The highest BCUT2D eigenvalue weighted by Gasteiger charge is 2.27. The lowest BCUT2D eigenvalue weighted by Crippen LogP contribution is -2.38. The first-order chi connectivity index (χ1) is 17.5. The fraction of sp³-hybridized carbons (Fsp3) is 0.107. The Morgan fingerprint density at radius 2 is 1.44 bits per heavy atom. The zero-order valence-corrected chi connectivity index (χ0v) is 21.3. The molecule has 0 radical (unpaired) electrons. The number of carbonyl (C=O) groups is 1. The van der Waals surface area contributed by atoms with E-state index in [4.69, 9.17) is 4.74 Å². The Balaban J connectivity index is 1.47. The number of ether oxygens (including phenoxy) is 1. The molecule has 1 amide bonds. The van der Waals surface area contributed by atoms with Gasteiger partial charge in [0.1, 0.15) is 12.3 Å². The number of carbonyl (C=O) groups excluding carboxylic acids is 1. The van der Waals surface area contributed by atoms with Gasteiger partial charge in [-0.15, -0.1) is 11.8 Å². The van der Waals surface area contributed by atoms with Gasteiger partial charge in [0.05, 0.1) is 17.7 Å². The molecule has 4 rings (SSSR count). The Kier molecular flexibility index (Phi) is 8.30. The zero-order valence-electron chi connectivity index (χ0n) is 19.7. The van der Waals surface area contributed by atoms with Crippen LogP contribution in [-0.4, -0.2) is 28.0 Å². The molecule has 0 spiro atoms. The maximum absolute atomic E-state index is 13.4. The molecule has 1 N–H and O–H groups in total. The first kappa shape index (κ1) is 25.3. The predicted octanol–water partition coefficient (Wildman–Crippen LogP) is 5.82. The third-order valence-electron chi connectivity index (χ3n) is 5.37. The molecule has 0 heterocycles. The van der Waals surface area contributed by atoms with Crippen LogP contribution in [0.1, 0.15) is 5.56 Å². The lowest BCUT2D eigenvalue weighted by molar-refractivity contribution is -0.114. The maximum Gasteiger partial charge on any atom is 0.264 e. The first-order valence-corrected chi connectivity index (χ1v) is 13.7. The normalized spacial score (nSPS) is 11.0. The Morgan fingerprint density at radius 3 is 2.06 bits per heavy atom. The summed E-state index contributed by atoms with van der Waals surface area (Å²) in [6.07, 6.45) is 0. The number of amides is 1. The van der Waals surface area contributed by atoms with Crippen molar-refractivity contribution >= 4 is 39.1 Å². The average molecular weight is 519 g/mol. The summed E-state index contributed by atoms with van der Waals surface area (Å²) in [4.78, 5) is 14.2. The minimum atomic E-state index is -3.97. The minimum absolute atomic E-state index is 0.105. The second kappa shape index (κ2) is 11.8. The van der Waals surface area contributed by atoms with Crippen molar-refractivity contribution in [3.63, 3.8) is 0 Å². The number of benzene rings is 4. The maximum atomic E-state index is 13.4. The quantitative estimate of drug-likeness (QED) is 0.268. The van der Waals surface area contributed by atoms with Crippen LogP contribution in [0.15, 0.2) is 119 Å². The fourth-order valence-electron chi connectivity index (χ4n) is 3.48. The minimum Gasteiger partial charge on any atom is -0.497 e. The number of anilines is 2. The molecular formula is C28H26N2O4S2. The van der Waals surface area contributed by atoms with Gasteiger partial charge in [0.15, 0.2) is 0 Å². The Bertz CT molecular complexity index is 1380.